The van der Waals surface area contributed by atoms with E-state index in [1.807, 2.05) is 0 Å². The van der Waals surface area contributed by atoms with Crippen LogP contribution in [0, 0.1) is 0 Å². The molecule has 0 atom stereocenters. The molecule has 0 heterocycles. The molecule has 11 heteroatoms. The molecule has 2 rings (SSSR count). The van der Waals surface area contributed by atoms with Gasteiger partial charge in [-0.1, -0.05) is 24.3 Å². The zero-order valence-corrected chi connectivity index (χ0v) is 19.4. The Kier molecular flexibility index (Phi) is 10.0. The van der Waals surface area contributed by atoms with Crippen LogP contribution in [-0.2, 0) is 29.0 Å². The summed E-state index contributed by atoms with van der Waals surface area (Å²) in [5.74, 6) is 0.568. The summed E-state index contributed by atoms with van der Waals surface area (Å²) in [7, 11) is -2.08. The highest BCUT2D eigenvalue weighted by molar-refractivity contribution is 14.0. The summed E-state index contributed by atoms with van der Waals surface area (Å²) in [6.07, 6.45) is -3.14. The van der Waals surface area contributed by atoms with E-state index in [4.69, 9.17) is 5.14 Å². The van der Waals surface area contributed by atoms with Crippen LogP contribution in [-0.4, -0.2) is 34.5 Å². The zero-order chi connectivity index (χ0) is 21.5. The molecule has 166 valence electrons. The number of guanidine groups is 1. The van der Waals surface area contributed by atoms with E-state index in [0.717, 1.165) is 23.3 Å². The molecule has 0 aromatic heterocycles. The van der Waals surface area contributed by atoms with Gasteiger partial charge in [-0.3, -0.25) is 4.99 Å². The van der Waals surface area contributed by atoms with Crippen molar-refractivity contribution in [1.29, 1.82) is 0 Å². The van der Waals surface area contributed by atoms with E-state index in [9.17, 15) is 21.6 Å². The first-order valence-electron chi connectivity index (χ1n) is 8.82. The molecule has 6 nitrogen and oxygen atoms in total. The minimum Gasteiger partial charge on any atom is -0.356 e. The van der Waals surface area contributed by atoms with Gasteiger partial charge in [-0.25, -0.2) is 13.6 Å². The maximum atomic E-state index is 12.6. The van der Waals surface area contributed by atoms with Crippen molar-refractivity contribution in [3.05, 3.63) is 65.2 Å². The summed E-state index contributed by atoms with van der Waals surface area (Å²) in [6, 6.07) is 11.4. The summed E-state index contributed by atoms with van der Waals surface area (Å²) in [5.41, 5.74) is 1.06. The fraction of sp³-hybridized carbons (Fsp3) is 0.316. The molecule has 0 aliphatic rings. The number of halogens is 4. The smallest absolute Gasteiger partial charge is 0.356 e. The molecule has 30 heavy (non-hydrogen) atoms. The lowest BCUT2D eigenvalue weighted by molar-refractivity contribution is -0.137. The maximum Gasteiger partial charge on any atom is 0.416 e. The Balaban J connectivity index is 0.00000450. The Bertz CT molecular complexity index is 932. The van der Waals surface area contributed by atoms with Gasteiger partial charge in [0.2, 0.25) is 10.0 Å². The average Bonchev–Trinajstić information content (AvgIpc) is 2.66. The Morgan fingerprint density at radius 2 is 1.37 bits per heavy atom. The third-order valence-corrected chi connectivity index (χ3v) is 5.10. The summed E-state index contributed by atoms with van der Waals surface area (Å²) in [5, 5.41) is 11.3. The van der Waals surface area contributed by atoms with Gasteiger partial charge in [-0.2, -0.15) is 13.2 Å². The van der Waals surface area contributed by atoms with Crippen molar-refractivity contribution >= 4 is 40.0 Å². The molecule has 0 amide bonds. The Hall–Kier alpha value is -1.86. The predicted molar refractivity (Wildman–Crippen MR) is 121 cm³/mol. The van der Waals surface area contributed by atoms with Gasteiger partial charge in [0, 0.05) is 20.1 Å². The van der Waals surface area contributed by atoms with E-state index >= 15 is 0 Å². The summed E-state index contributed by atoms with van der Waals surface area (Å²) >= 11 is 0. The minimum atomic E-state index is -4.33. The van der Waals surface area contributed by atoms with Crippen molar-refractivity contribution in [2.45, 2.75) is 23.9 Å². The van der Waals surface area contributed by atoms with E-state index in [1.54, 1.807) is 19.2 Å². The van der Waals surface area contributed by atoms with Gasteiger partial charge in [-0.15, -0.1) is 24.0 Å². The van der Waals surface area contributed by atoms with Gasteiger partial charge in [-0.05, 0) is 48.2 Å². The molecule has 4 N–H and O–H groups in total. The minimum absolute atomic E-state index is 0. The number of nitrogens with two attached hydrogens (primary N) is 1. The van der Waals surface area contributed by atoms with Crippen LogP contribution < -0.4 is 15.8 Å². The second kappa shape index (κ2) is 11.5. The number of hydrogen-bond acceptors (Lipinski definition) is 3. The highest BCUT2D eigenvalue weighted by atomic mass is 127. The summed E-state index contributed by atoms with van der Waals surface area (Å²) < 4.78 is 60.2. The first-order chi connectivity index (χ1) is 13.6. The van der Waals surface area contributed by atoms with Gasteiger partial charge in [0.1, 0.15) is 0 Å². The lowest BCUT2D eigenvalue weighted by Crippen LogP contribution is -2.39. The van der Waals surface area contributed by atoms with E-state index in [2.05, 4.69) is 15.6 Å². The molecule has 0 bridgehead atoms. The van der Waals surface area contributed by atoms with Crippen LogP contribution in [0.4, 0.5) is 13.2 Å². The van der Waals surface area contributed by atoms with Gasteiger partial charge >= 0.3 is 6.18 Å². The number of sulfonamides is 1. The molecular formula is C19H24F3IN4O2S. The summed E-state index contributed by atoms with van der Waals surface area (Å²) in [4.78, 5) is 4.16. The maximum absolute atomic E-state index is 12.6. The number of primary sulfonamides is 1. The Labute approximate surface area is 191 Å². The van der Waals surface area contributed by atoms with Crippen LogP contribution in [0.1, 0.15) is 16.7 Å². The van der Waals surface area contributed by atoms with E-state index in [0.29, 0.717) is 31.9 Å². The molecule has 0 saturated heterocycles. The van der Waals surface area contributed by atoms with Crippen molar-refractivity contribution < 1.29 is 21.6 Å². The number of aliphatic imine (C=N–C) groups is 1. The Morgan fingerprint density at radius 3 is 1.73 bits per heavy atom. The predicted octanol–water partition coefficient (Wildman–Crippen LogP) is 2.92. The fourth-order valence-electron chi connectivity index (χ4n) is 2.58. The van der Waals surface area contributed by atoms with Crippen LogP contribution in [0.2, 0.25) is 0 Å². The fourth-order valence-corrected chi connectivity index (χ4v) is 3.09. The largest absolute Gasteiger partial charge is 0.416 e. The van der Waals surface area contributed by atoms with E-state index in [1.165, 1.54) is 24.3 Å². The van der Waals surface area contributed by atoms with Crippen molar-refractivity contribution in [3.63, 3.8) is 0 Å². The highest BCUT2D eigenvalue weighted by Gasteiger charge is 2.29. The van der Waals surface area contributed by atoms with Crippen molar-refractivity contribution in [2.24, 2.45) is 10.1 Å². The van der Waals surface area contributed by atoms with Crippen molar-refractivity contribution in [2.75, 3.05) is 20.1 Å². The number of hydrogen-bond donors (Lipinski definition) is 3. The third-order valence-electron chi connectivity index (χ3n) is 4.17. The monoisotopic (exact) mass is 556 g/mol. The molecule has 0 unspecified atom stereocenters. The van der Waals surface area contributed by atoms with Gasteiger partial charge < -0.3 is 10.6 Å². The number of nitrogens with one attached hydrogen (secondary N) is 2. The molecule has 0 fully saturated rings. The van der Waals surface area contributed by atoms with Crippen LogP contribution in [0.25, 0.3) is 0 Å². The first-order valence-corrected chi connectivity index (χ1v) is 10.4. The lowest BCUT2D eigenvalue weighted by Gasteiger charge is -2.12. The average molecular weight is 556 g/mol. The molecule has 0 saturated carbocycles. The van der Waals surface area contributed by atoms with Crippen LogP contribution >= 0.6 is 24.0 Å². The van der Waals surface area contributed by atoms with Gasteiger partial charge in [0.25, 0.3) is 0 Å². The summed E-state index contributed by atoms with van der Waals surface area (Å²) in [6.45, 7) is 1.07. The van der Waals surface area contributed by atoms with Crippen molar-refractivity contribution in [1.82, 2.24) is 10.6 Å². The second-order valence-corrected chi connectivity index (χ2v) is 7.87. The third kappa shape index (κ3) is 8.48. The SMILES string of the molecule is CN=C(NCCc1ccc(C(F)(F)F)cc1)NCCc1ccc(S(N)(=O)=O)cc1.I. The number of nitrogens with zero attached hydrogens (tertiary/aromatic N) is 1. The van der Waals surface area contributed by atoms with E-state index in [-0.39, 0.29) is 28.9 Å². The van der Waals surface area contributed by atoms with Gasteiger partial charge in [0.15, 0.2) is 5.96 Å². The zero-order valence-electron chi connectivity index (χ0n) is 16.2. The highest BCUT2D eigenvalue weighted by Crippen LogP contribution is 2.29. The Morgan fingerprint density at radius 1 is 0.933 bits per heavy atom. The van der Waals surface area contributed by atoms with Crippen LogP contribution in [0.5, 0.6) is 0 Å². The van der Waals surface area contributed by atoms with Crippen LogP contribution in [0.15, 0.2) is 58.4 Å². The molecular weight excluding hydrogens is 532 g/mol. The topological polar surface area (TPSA) is 96.6 Å². The molecule has 2 aromatic carbocycles. The molecule has 0 spiro atoms. The number of rotatable bonds is 7. The molecule has 0 aliphatic heterocycles. The first kappa shape index (κ1) is 26.2. The molecule has 0 radical (unpaired) electrons. The number of benzene rings is 2. The standard InChI is InChI=1S/C19H23F3N4O2S.HI/c1-24-18(25-12-10-14-2-6-16(7-3-14)19(20,21)22)26-13-11-15-4-8-17(9-5-15)29(23,27)28;/h2-9H,10-13H2,1H3,(H2,23,27,28)(H2,24,25,26);1H. The second-order valence-electron chi connectivity index (χ2n) is 6.31. The number of alkyl halides is 3. The van der Waals surface area contributed by atoms with E-state index < -0.39 is 21.8 Å². The van der Waals surface area contributed by atoms with Gasteiger partial charge in [0.05, 0.1) is 10.5 Å². The van der Waals surface area contributed by atoms with Crippen molar-refractivity contribution in [3.8, 4) is 0 Å². The van der Waals surface area contributed by atoms with Crippen LogP contribution in [0.3, 0.4) is 0 Å². The quantitative estimate of drug-likeness (QED) is 0.278. The molecule has 0 aliphatic carbocycles. The lowest BCUT2D eigenvalue weighted by atomic mass is 10.1. The molecule has 2 aromatic rings. The normalized spacial score (nSPS) is 12.2.